The van der Waals surface area contributed by atoms with Gasteiger partial charge in [-0.05, 0) is 49.9 Å². The SMILES string of the molecule is CC1(C)CCC(C#N)(C(O)C2CCCC2)CC1. The summed E-state index contributed by atoms with van der Waals surface area (Å²) in [7, 11) is 0. The first-order chi connectivity index (χ1) is 7.99. The van der Waals surface area contributed by atoms with Gasteiger partial charge in [-0.3, -0.25) is 0 Å². The number of aliphatic hydroxyl groups excluding tert-OH is 1. The molecule has 96 valence electrons. The molecular weight excluding hydrogens is 210 g/mol. The molecule has 2 heteroatoms. The van der Waals surface area contributed by atoms with Crippen LogP contribution in [-0.2, 0) is 0 Å². The van der Waals surface area contributed by atoms with Crippen LogP contribution < -0.4 is 0 Å². The van der Waals surface area contributed by atoms with Crippen LogP contribution in [0.5, 0.6) is 0 Å². The summed E-state index contributed by atoms with van der Waals surface area (Å²) in [6.07, 6.45) is 8.23. The van der Waals surface area contributed by atoms with Gasteiger partial charge in [-0.1, -0.05) is 26.7 Å². The Morgan fingerprint density at radius 1 is 1.12 bits per heavy atom. The van der Waals surface area contributed by atoms with Gasteiger partial charge in [0.25, 0.3) is 0 Å². The molecule has 0 saturated heterocycles. The largest absolute Gasteiger partial charge is 0.391 e. The summed E-state index contributed by atoms with van der Waals surface area (Å²) in [6.45, 7) is 4.55. The lowest BCUT2D eigenvalue weighted by molar-refractivity contribution is -0.0240. The Hall–Kier alpha value is -0.550. The van der Waals surface area contributed by atoms with Gasteiger partial charge in [0.1, 0.15) is 0 Å². The van der Waals surface area contributed by atoms with Crippen LogP contribution in [0.15, 0.2) is 0 Å². The van der Waals surface area contributed by atoms with Gasteiger partial charge in [0.05, 0.1) is 17.6 Å². The first-order valence-corrected chi connectivity index (χ1v) is 7.08. The molecule has 0 aromatic rings. The predicted octanol–water partition coefficient (Wildman–Crippen LogP) is 3.65. The van der Waals surface area contributed by atoms with E-state index in [2.05, 4.69) is 19.9 Å². The molecule has 2 fully saturated rings. The van der Waals surface area contributed by atoms with E-state index in [0.29, 0.717) is 11.3 Å². The summed E-state index contributed by atoms with van der Waals surface area (Å²) in [4.78, 5) is 0. The molecule has 0 aromatic heterocycles. The van der Waals surface area contributed by atoms with Crippen molar-refractivity contribution in [1.29, 1.82) is 5.26 Å². The summed E-state index contributed by atoms with van der Waals surface area (Å²) in [5.41, 5.74) is -0.0831. The summed E-state index contributed by atoms with van der Waals surface area (Å²) >= 11 is 0. The zero-order chi connectivity index (χ0) is 12.5. The molecule has 0 spiro atoms. The topological polar surface area (TPSA) is 44.0 Å². The van der Waals surface area contributed by atoms with Gasteiger partial charge in [-0.15, -0.1) is 0 Å². The summed E-state index contributed by atoms with van der Waals surface area (Å²) in [5.74, 6) is 0.385. The quantitative estimate of drug-likeness (QED) is 0.794. The third-order valence-electron chi connectivity index (χ3n) is 5.13. The van der Waals surface area contributed by atoms with E-state index in [-0.39, 0.29) is 6.10 Å². The Bertz CT molecular complexity index is 299. The fourth-order valence-electron chi connectivity index (χ4n) is 3.57. The van der Waals surface area contributed by atoms with Crippen LogP contribution in [0.2, 0.25) is 0 Å². The maximum atomic E-state index is 10.6. The van der Waals surface area contributed by atoms with Crippen molar-refractivity contribution < 1.29 is 5.11 Å². The Balaban J connectivity index is 2.07. The summed E-state index contributed by atoms with van der Waals surface area (Å²) < 4.78 is 0. The average Bonchev–Trinajstić information content (AvgIpc) is 2.82. The van der Waals surface area contributed by atoms with Crippen LogP contribution in [0.1, 0.15) is 65.2 Å². The lowest BCUT2D eigenvalue weighted by Crippen LogP contribution is -2.43. The molecule has 2 aliphatic carbocycles. The van der Waals surface area contributed by atoms with E-state index in [9.17, 15) is 10.4 Å². The van der Waals surface area contributed by atoms with Crippen molar-refractivity contribution in [1.82, 2.24) is 0 Å². The van der Waals surface area contributed by atoms with Crippen LogP contribution >= 0.6 is 0 Å². The molecule has 0 bridgehead atoms. The van der Waals surface area contributed by atoms with Gasteiger partial charge in [0, 0.05) is 0 Å². The highest BCUT2D eigenvalue weighted by atomic mass is 16.3. The van der Waals surface area contributed by atoms with Gasteiger partial charge < -0.3 is 5.11 Å². The molecule has 2 saturated carbocycles. The van der Waals surface area contributed by atoms with Crippen molar-refractivity contribution in [2.45, 2.75) is 71.3 Å². The zero-order valence-electron chi connectivity index (χ0n) is 11.2. The van der Waals surface area contributed by atoms with Crippen molar-refractivity contribution in [2.75, 3.05) is 0 Å². The number of rotatable bonds is 2. The van der Waals surface area contributed by atoms with E-state index in [1.165, 1.54) is 12.8 Å². The van der Waals surface area contributed by atoms with E-state index >= 15 is 0 Å². The predicted molar refractivity (Wildman–Crippen MR) is 68.3 cm³/mol. The summed E-state index contributed by atoms with van der Waals surface area (Å²) in [5, 5.41) is 20.1. The lowest BCUT2D eigenvalue weighted by atomic mass is 9.61. The Labute approximate surface area is 105 Å². The van der Waals surface area contributed by atoms with Crippen LogP contribution in [0.4, 0.5) is 0 Å². The van der Waals surface area contributed by atoms with Gasteiger partial charge >= 0.3 is 0 Å². The average molecular weight is 235 g/mol. The fourth-order valence-corrected chi connectivity index (χ4v) is 3.57. The lowest BCUT2D eigenvalue weighted by Gasteiger charge is -2.43. The van der Waals surface area contributed by atoms with Crippen molar-refractivity contribution in [3.63, 3.8) is 0 Å². The molecule has 0 amide bonds. The van der Waals surface area contributed by atoms with E-state index in [1.54, 1.807) is 0 Å². The third kappa shape index (κ3) is 2.50. The highest BCUT2D eigenvalue weighted by Crippen LogP contribution is 2.49. The number of hydrogen-bond donors (Lipinski definition) is 1. The van der Waals surface area contributed by atoms with Gasteiger partial charge in [0.2, 0.25) is 0 Å². The van der Waals surface area contributed by atoms with E-state index < -0.39 is 5.41 Å². The Kier molecular flexibility index (Phi) is 3.50. The Morgan fingerprint density at radius 2 is 1.65 bits per heavy atom. The van der Waals surface area contributed by atoms with Crippen molar-refractivity contribution in [3.05, 3.63) is 0 Å². The van der Waals surface area contributed by atoms with Gasteiger partial charge in [-0.2, -0.15) is 5.26 Å². The monoisotopic (exact) mass is 235 g/mol. The fraction of sp³-hybridized carbons (Fsp3) is 0.933. The molecule has 17 heavy (non-hydrogen) atoms. The highest BCUT2D eigenvalue weighted by Gasteiger charge is 2.46. The van der Waals surface area contributed by atoms with Crippen molar-refractivity contribution in [2.24, 2.45) is 16.7 Å². The standard InChI is InChI=1S/C15H25NO/c1-14(2)7-9-15(11-16,10-8-14)13(17)12-5-3-4-6-12/h12-13,17H,3-10H2,1-2H3. The molecule has 0 radical (unpaired) electrons. The molecule has 0 heterocycles. The molecule has 2 nitrogen and oxygen atoms in total. The maximum Gasteiger partial charge on any atom is 0.0835 e. The summed E-state index contributed by atoms with van der Waals surface area (Å²) in [6, 6.07) is 2.48. The second kappa shape index (κ2) is 4.61. The van der Waals surface area contributed by atoms with Gasteiger partial charge in [-0.25, -0.2) is 0 Å². The minimum Gasteiger partial charge on any atom is -0.391 e. The first kappa shape index (κ1) is 12.9. The second-order valence-electron chi connectivity index (χ2n) is 6.92. The molecule has 1 atom stereocenters. The molecule has 2 rings (SSSR count). The van der Waals surface area contributed by atoms with Crippen molar-refractivity contribution >= 4 is 0 Å². The molecule has 1 unspecified atom stereocenters. The molecular formula is C15H25NO. The maximum absolute atomic E-state index is 10.6. The normalized spacial score (nSPS) is 29.8. The zero-order valence-corrected chi connectivity index (χ0v) is 11.2. The van der Waals surface area contributed by atoms with Crippen LogP contribution in [0.25, 0.3) is 0 Å². The van der Waals surface area contributed by atoms with E-state index in [4.69, 9.17) is 0 Å². The number of hydrogen-bond acceptors (Lipinski definition) is 2. The highest BCUT2D eigenvalue weighted by molar-refractivity contribution is 5.08. The van der Waals surface area contributed by atoms with Crippen LogP contribution in [0.3, 0.4) is 0 Å². The minimum atomic E-state index is -0.440. The van der Waals surface area contributed by atoms with Gasteiger partial charge in [0.15, 0.2) is 0 Å². The van der Waals surface area contributed by atoms with Crippen LogP contribution in [0, 0.1) is 28.1 Å². The smallest absolute Gasteiger partial charge is 0.0835 e. The number of nitrogens with zero attached hydrogens (tertiary/aromatic N) is 1. The minimum absolute atomic E-state index is 0.357. The third-order valence-corrected chi connectivity index (χ3v) is 5.13. The number of nitriles is 1. The van der Waals surface area contributed by atoms with Crippen molar-refractivity contribution in [3.8, 4) is 6.07 Å². The molecule has 1 N–H and O–H groups in total. The molecule has 0 aromatic carbocycles. The first-order valence-electron chi connectivity index (χ1n) is 7.08. The second-order valence-corrected chi connectivity index (χ2v) is 6.92. The molecule has 2 aliphatic rings. The Morgan fingerprint density at radius 3 is 2.12 bits per heavy atom. The van der Waals surface area contributed by atoms with E-state index in [1.807, 2.05) is 0 Å². The molecule has 0 aliphatic heterocycles. The van der Waals surface area contributed by atoms with E-state index in [0.717, 1.165) is 38.5 Å². The number of aliphatic hydroxyl groups is 1. The van der Waals surface area contributed by atoms with Crippen LogP contribution in [-0.4, -0.2) is 11.2 Å².